The fourth-order valence-electron chi connectivity index (χ4n) is 3.17. The van der Waals surface area contributed by atoms with Gasteiger partial charge in [0.25, 0.3) is 0 Å². The Labute approximate surface area is 169 Å². The lowest BCUT2D eigenvalue weighted by Crippen LogP contribution is -2.27. The largest absolute Gasteiger partial charge is 0.325 e. The second kappa shape index (κ2) is 7.80. The topological polar surface area (TPSA) is 116 Å². The fraction of sp³-hybridized carbons (Fsp3) is 0.316. The van der Waals surface area contributed by atoms with Gasteiger partial charge in [0.1, 0.15) is 11.6 Å². The molecule has 1 aliphatic heterocycles. The monoisotopic (exact) mass is 413 g/mol. The number of sulfonamides is 1. The van der Waals surface area contributed by atoms with Crippen LogP contribution < -0.4 is 10.6 Å². The van der Waals surface area contributed by atoms with Crippen molar-refractivity contribution in [3.05, 3.63) is 47.8 Å². The lowest BCUT2D eigenvalue weighted by Gasteiger charge is -2.16. The van der Waals surface area contributed by atoms with Gasteiger partial charge >= 0.3 is 0 Å². The van der Waals surface area contributed by atoms with Crippen LogP contribution in [0.1, 0.15) is 24.1 Å². The first-order valence-electron chi connectivity index (χ1n) is 9.42. The highest BCUT2D eigenvalue weighted by Gasteiger charge is 2.27. The van der Waals surface area contributed by atoms with Gasteiger partial charge in [0.15, 0.2) is 0 Å². The van der Waals surface area contributed by atoms with E-state index >= 15 is 0 Å². The van der Waals surface area contributed by atoms with E-state index in [1.165, 1.54) is 4.31 Å². The van der Waals surface area contributed by atoms with Crippen LogP contribution in [0.5, 0.6) is 0 Å². The number of hydrogen-bond acceptors (Lipinski definition) is 7. The van der Waals surface area contributed by atoms with E-state index in [0.29, 0.717) is 30.5 Å². The van der Waals surface area contributed by atoms with Gasteiger partial charge < -0.3 is 10.6 Å². The van der Waals surface area contributed by atoms with E-state index in [4.69, 9.17) is 0 Å². The fourth-order valence-corrected chi connectivity index (χ4v) is 4.73. The average Bonchev–Trinajstić information content (AvgIpc) is 3.36. The van der Waals surface area contributed by atoms with Gasteiger partial charge in [-0.3, -0.25) is 5.10 Å². The van der Waals surface area contributed by atoms with Gasteiger partial charge in [0.05, 0.1) is 10.6 Å². The Bertz CT molecular complexity index is 1120. The van der Waals surface area contributed by atoms with Crippen LogP contribution >= 0.6 is 0 Å². The first-order valence-corrected chi connectivity index (χ1v) is 10.9. The Hall–Kier alpha value is -2.98. The summed E-state index contributed by atoms with van der Waals surface area (Å²) >= 11 is 0. The van der Waals surface area contributed by atoms with Gasteiger partial charge in [0, 0.05) is 30.5 Å². The molecule has 1 aromatic carbocycles. The van der Waals surface area contributed by atoms with Crippen LogP contribution in [0.25, 0.3) is 0 Å². The number of aryl methyl sites for hydroxylation is 1. The van der Waals surface area contributed by atoms with E-state index in [1.54, 1.807) is 36.5 Å². The summed E-state index contributed by atoms with van der Waals surface area (Å²) in [7, 11) is -3.48. The normalized spacial score (nSPS) is 14.8. The van der Waals surface area contributed by atoms with Crippen LogP contribution in [0.15, 0.2) is 41.4 Å². The van der Waals surface area contributed by atoms with Crippen LogP contribution in [0.2, 0.25) is 0 Å². The third-order valence-corrected chi connectivity index (χ3v) is 6.85. The van der Waals surface area contributed by atoms with Crippen molar-refractivity contribution in [3.8, 4) is 0 Å². The number of rotatable bonds is 6. The van der Waals surface area contributed by atoms with E-state index in [1.807, 2.05) is 13.8 Å². The highest BCUT2D eigenvalue weighted by Crippen LogP contribution is 2.25. The van der Waals surface area contributed by atoms with Crippen molar-refractivity contribution in [2.24, 2.45) is 0 Å². The van der Waals surface area contributed by atoms with Gasteiger partial charge in [-0.2, -0.15) is 14.4 Å². The van der Waals surface area contributed by atoms with E-state index in [9.17, 15) is 8.42 Å². The smallest absolute Gasteiger partial charge is 0.243 e. The summed E-state index contributed by atoms with van der Waals surface area (Å²) in [5, 5.41) is 13.4. The Balaban J connectivity index is 1.53. The molecule has 3 N–H and O–H groups in total. The molecule has 0 radical (unpaired) electrons. The van der Waals surface area contributed by atoms with Crippen molar-refractivity contribution in [1.82, 2.24) is 24.5 Å². The maximum atomic E-state index is 12.8. The molecule has 9 nitrogen and oxygen atoms in total. The van der Waals surface area contributed by atoms with Crippen molar-refractivity contribution in [2.45, 2.75) is 31.6 Å². The highest BCUT2D eigenvalue weighted by molar-refractivity contribution is 7.89. The van der Waals surface area contributed by atoms with Gasteiger partial charge in [-0.15, -0.1) is 0 Å². The third kappa shape index (κ3) is 4.08. The summed E-state index contributed by atoms with van der Waals surface area (Å²) in [6.07, 6.45) is 3.43. The number of aromatic amines is 1. The molecule has 0 atom stereocenters. The van der Waals surface area contributed by atoms with Gasteiger partial charge in [0.2, 0.25) is 16.0 Å². The second-order valence-corrected chi connectivity index (χ2v) is 8.90. The van der Waals surface area contributed by atoms with E-state index in [2.05, 4.69) is 30.8 Å². The van der Waals surface area contributed by atoms with Crippen LogP contribution in [-0.2, 0) is 10.0 Å². The maximum absolute atomic E-state index is 12.8. The summed E-state index contributed by atoms with van der Waals surface area (Å²) in [4.78, 5) is 8.93. The first kappa shape index (κ1) is 19.3. The van der Waals surface area contributed by atoms with E-state index in [-0.39, 0.29) is 4.90 Å². The summed E-state index contributed by atoms with van der Waals surface area (Å²) in [6.45, 7) is 5.04. The molecule has 0 bridgehead atoms. The second-order valence-electron chi connectivity index (χ2n) is 6.96. The molecule has 1 fully saturated rings. The molecule has 152 valence electrons. The lowest BCUT2D eigenvalue weighted by molar-refractivity contribution is 0.477. The van der Waals surface area contributed by atoms with E-state index < -0.39 is 10.0 Å². The molecule has 0 saturated carbocycles. The number of aromatic nitrogens is 4. The van der Waals surface area contributed by atoms with Crippen LogP contribution in [0, 0.1) is 13.8 Å². The van der Waals surface area contributed by atoms with Crippen molar-refractivity contribution >= 4 is 33.3 Å². The first-order chi connectivity index (χ1) is 13.9. The molecule has 0 amide bonds. The molecular weight excluding hydrogens is 390 g/mol. The molecule has 10 heteroatoms. The predicted octanol–water partition coefficient (Wildman–Crippen LogP) is 3.09. The third-order valence-electron chi connectivity index (χ3n) is 4.95. The Morgan fingerprint density at radius 2 is 1.90 bits per heavy atom. The minimum atomic E-state index is -3.48. The number of hydrogen-bond donors (Lipinski definition) is 3. The molecule has 1 saturated heterocycles. The number of nitrogens with zero attached hydrogens (tertiary/aromatic N) is 4. The molecule has 4 rings (SSSR count). The Morgan fingerprint density at radius 1 is 1.10 bits per heavy atom. The zero-order valence-corrected chi connectivity index (χ0v) is 17.1. The predicted molar refractivity (Wildman–Crippen MR) is 111 cm³/mol. The molecule has 3 heterocycles. The minimum Gasteiger partial charge on any atom is -0.325 e. The quantitative estimate of drug-likeness (QED) is 0.569. The maximum Gasteiger partial charge on any atom is 0.243 e. The number of benzene rings is 1. The SMILES string of the molecule is Cc1n[nH]c(Nc2ccnc(Nc3cccc(S(=O)(=O)N4CCCC4)c3)n2)c1C. The van der Waals surface area contributed by atoms with Crippen molar-refractivity contribution in [1.29, 1.82) is 0 Å². The number of nitrogens with one attached hydrogen (secondary N) is 3. The summed E-state index contributed by atoms with van der Waals surface area (Å²) in [6, 6.07) is 8.47. The summed E-state index contributed by atoms with van der Waals surface area (Å²) in [5.41, 5.74) is 2.53. The zero-order chi connectivity index (χ0) is 20.4. The molecule has 29 heavy (non-hydrogen) atoms. The number of anilines is 4. The Morgan fingerprint density at radius 3 is 2.62 bits per heavy atom. The minimum absolute atomic E-state index is 0.266. The highest BCUT2D eigenvalue weighted by atomic mass is 32.2. The van der Waals surface area contributed by atoms with Gasteiger partial charge in [-0.1, -0.05) is 6.07 Å². The van der Waals surface area contributed by atoms with E-state index in [0.717, 1.165) is 29.9 Å². The molecule has 1 aliphatic rings. The molecule has 0 spiro atoms. The van der Waals surface area contributed by atoms with Crippen LogP contribution in [-0.4, -0.2) is 46.0 Å². The van der Waals surface area contributed by atoms with Crippen molar-refractivity contribution in [2.75, 3.05) is 23.7 Å². The van der Waals surface area contributed by atoms with Gasteiger partial charge in [-0.25, -0.2) is 13.4 Å². The molecule has 0 unspecified atom stereocenters. The Kier molecular flexibility index (Phi) is 5.20. The summed E-state index contributed by atoms with van der Waals surface area (Å²) < 4.78 is 27.1. The van der Waals surface area contributed by atoms with Gasteiger partial charge in [-0.05, 0) is 51.0 Å². The molecular formula is C19H23N7O2S. The standard InChI is InChI=1S/C19H23N7O2S/c1-13-14(2)24-25-18(13)22-17-8-9-20-19(23-17)21-15-6-5-7-16(12-15)29(27,28)26-10-3-4-11-26/h5-9,12H,3-4,10-11H2,1-2H3,(H3,20,21,22,23,24,25). The molecule has 3 aromatic rings. The molecule has 2 aromatic heterocycles. The van der Waals surface area contributed by atoms with Crippen LogP contribution in [0.3, 0.4) is 0 Å². The lowest BCUT2D eigenvalue weighted by atomic mass is 10.3. The number of H-pyrrole nitrogens is 1. The average molecular weight is 414 g/mol. The summed E-state index contributed by atoms with van der Waals surface area (Å²) in [5.74, 6) is 1.72. The zero-order valence-electron chi connectivity index (χ0n) is 16.3. The van der Waals surface area contributed by atoms with Crippen molar-refractivity contribution < 1.29 is 8.42 Å². The van der Waals surface area contributed by atoms with Crippen LogP contribution in [0.4, 0.5) is 23.3 Å². The molecule has 0 aliphatic carbocycles. The van der Waals surface area contributed by atoms with Crippen molar-refractivity contribution in [3.63, 3.8) is 0 Å².